The van der Waals surface area contributed by atoms with Crippen LogP contribution in [0.25, 0.3) is 10.8 Å². The van der Waals surface area contributed by atoms with Crippen molar-refractivity contribution in [2.24, 2.45) is 5.92 Å². The molecule has 2 aromatic rings. The van der Waals surface area contributed by atoms with Gasteiger partial charge in [0.05, 0.1) is 13.2 Å². The lowest BCUT2D eigenvalue weighted by molar-refractivity contribution is 0.115. The van der Waals surface area contributed by atoms with E-state index in [9.17, 15) is 5.11 Å². The van der Waals surface area contributed by atoms with E-state index in [1.807, 2.05) is 25.2 Å². The van der Waals surface area contributed by atoms with Crippen LogP contribution in [0.3, 0.4) is 0 Å². The maximum Gasteiger partial charge on any atom is 0.124 e. The highest BCUT2D eigenvalue weighted by molar-refractivity contribution is 5.88. The van der Waals surface area contributed by atoms with Crippen molar-refractivity contribution >= 4 is 10.8 Å². The second-order valence-corrected chi connectivity index (χ2v) is 4.72. The van der Waals surface area contributed by atoms with Crippen molar-refractivity contribution in [1.82, 2.24) is 5.32 Å². The molecular weight excluding hydrogens is 226 g/mol. The van der Waals surface area contributed by atoms with Gasteiger partial charge in [-0.3, -0.25) is 0 Å². The third-order valence-corrected chi connectivity index (χ3v) is 3.71. The summed E-state index contributed by atoms with van der Waals surface area (Å²) in [5, 5.41) is 15.2. The first-order valence-corrected chi connectivity index (χ1v) is 6.27. The largest absolute Gasteiger partial charge is 0.493 e. The Balaban J connectivity index is 2.23. The van der Waals surface area contributed by atoms with Crippen molar-refractivity contribution < 1.29 is 9.84 Å². The third kappa shape index (κ3) is 1.67. The molecule has 2 N–H and O–H groups in total. The molecule has 1 aliphatic heterocycles. The molecule has 0 amide bonds. The highest BCUT2D eigenvalue weighted by Crippen LogP contribution is 2.39. The fraction of sp³-hybridized carbons (Fsp3) is 0.333. The summed E-state index contributed by atoms with van der Waals surface area (Å²) in [5.41, 5.74) is 1.17. The van der Waals surface area contributed by atoms with E-state index in [2.05, 4.69) is 23.5 Å². The summed E-state index contributed by atoms with van der Waals surface area (Å²) in [6.07, 6.45) is 0. The molecule has 0 unspecified atom stereocenters. The molecule has 3 heteroatoms. The number of aliphatic hydroxyl groups excluding tert-OH is 1. The fourth-order valence-corrected chi connectivity index (χ4v) is 2.79. The molecule has 0 aliphatic carbocycles. The number of rotatable bonds is 2. The molecule has 3 nitrogen and oxygen atoms in total. The van der Waals surface area contributed by atoms with Crippen molar-refractivity contribution in [2.45, 2.75) is 6.04 Å². The van der Waals surface area contributed by atoms with Crippen LogP contribution in [0.4, 0.5) is 0 Å². The minimum absolute atomic E-state index is 0.105. The van der Waals surface area contributed by atoms with Crippen LogP contribution in [-0.2, 0) is 0 Å². The first kappa shape index (κ1) is 11.5. The lowest BCUT2D eigenvalue weighted by Gasteiger charge is -2.33. The van der Waals surface area contributed by atoms with E-state index < -0.39 is 0 Å². The number of aliphatic hydroxyl groups is 1. The Morgan fingerprint density at radius 3 is 2.89 bits per heavy atom. The van der Waals surface area contributed by atoms with Crippen molar-refractivity contribution in [3.8, 4) is 5.75 Å². The van der Waals surface area contributed by atoms with Crippen LogP contribution in [0.2, 0.25) is 0 Å². The molecular formula is C15H17NO2. The fourth-order valence-electron chi connectivity index (χ4n) is 2.79. The van der Waals surface area contributed by atoms with Crippen LogP contribution in [0.1, 0.15) is 11.6 Å². The molecule has 0 saturated heterocycles. The second kappa shape index (κ2) is 4.59. The number of benzene rings is 2. The Bertz CT molecular complexity index is 567. The summed E-state index contributed by atoms with van der Waals surface area (Å²) in [5.74, 6) is 1.03. The molecule has 0 radical (unpaired) electrons. The van der Waals surface area contributed by atoms with Crippen molar-refractivity contribution in [1.29, 1.82) is 0 Å². The van der Waals surface area contributed by atoms with E-state index in [4.69, 9.17) is 4.74 Å². The molecule has 1 aliphatic rings. The van der Waals surface area contributed by atoms with Gasteiger partial charge in [0.1, 0.15) is 5.75 Å². The predicted molar refractivity (Wildman–Crippen MR) is 71.8 cm³/mol. The maximum absolute atomic E-state index is 9.47. The van der Waals surface area contributed by atoms with Crippen molar-refractivity contribution in [3.05, 3.63) is 42.0 Å². The Hall–Kier alpha value is -1.58. The lowest BCUT2D eigenvalue weighted by atomic mass is 9.88. The van der Waals surface area contributed by atoms with Gasteiger partial charge in [-0.15, -0.1) is 0 Å². The number of hydrogen-bond donors (Lipinski definition) is 2. The zero-order valence-corrected chi connectivity index (χ0v) is 10.4. The zero-order chi connectivity index (χ0) is 12.5. The van der Waals surface area contributed by atoms with Gasteiger partial charge in [0, 0.05) is 17.5 Å². The van der Waals surface area contributed by atoms with Crippen LogP contribution < -0.4 is 10.1 Å². The van der Waals surface area contributed by atoms with Gasteiger partial charge in [0.2, 0.25) is 0 Å². The summed E-state index contributed by atoms with van der Waals surface area (Å²) >= 11 is 0. The molecule has 0 saturated carbocycles. The normalized spacial score (nSPS) is 22.6. The molecule has 2 atom stereocenters. The van der Waals surface area contributed by atoms with Crippen LogP contribution >= 0.6 is 0 Å². The minimum atomic E-state index is 0.105. The van der Waals surface area contributed by atoms with Crippen LogP contribution in [0.5, 0.6) is 5.75 Å². The van der Waals surface area contributed by atoms with Gasteiger partial charge in [0.25, 0.3) is 0 Å². The quantitative estimate of drug-likeness (QED) is 0.848. The molecule has 0 spiro atoms. The van der Waals surface area contributed by atoms with Crippen LogP contribution in [0.15, 0.2) is 36.4 Å². The van der Waals surface area contributed by atoms with Crippen molar-refractivity contribution in [3.63, 3.8) is 0 Å². The average molecular weight is 243 g/mol. The highest BCUT2D eigenvalue weighted by Gasteiger charge is 2.30. The van der Waals surface area contributed by atoms with Crippen LogP contribution in [-0.4, -0.2) is 25.4 Å². The molecule has 2 aromatic carbocycles. The summed E-state index contributed by atoms with van der Waals surface area (Å²) in [6.45, 7) is 0.696. The average Bonchev–Trinajstić information content (AvgIpc) is 2.45. The van der Waals surface area contributed by atoms with Crippen LogP contribution in [0, 0.1) is 5.92 Å². The van der Waals surface area contributed by atoms with Gasteiger partial charge < -0.3 is 15.2 Å². The van der Waals surface area contributed by atoms with E-state index >= 15 is 0 Å². The molecule has 1 heterocycles. The third-order valence-electron chi connectivity index (χ3n) is 3.71. The number of fused-ring (bicyclic) bond motifs is 3. The van der Waals surface area contributed by atoms with Gasteiger partial charge in [0.15, 0.2) is 0 Å². The maximum atomic E-state index is 9.47. The number of hydrogen-bond acceptors (Lipinski definition) is 3. The minimum Gasteiger partial charge on any atom is -0.493 e. The summed E-state index contributed by atoms with van der Waals surface area (Å²) in [4.78, 5) is 0. The SMILES string of the molecule is CN[C@@H]1c2c(ccc3ccccc23)OC[C@H]1CO. The molecule has 0 fully saturated rings. The second-order valence-electron chi connectivity index (χ2n) is 4.72. The predicted octanol–water partition coefficient (Wildman–Crippen LogP) is 2.10. The number of ether oxygens (including phenoxy) is 1. The van der Waals surface area contributed by atoms with Crippen molar-refractivity contribution in [2.75, 3.05) is 20.3 Å². The van der Waals surface area contributed by atoms with E-state index in [1.54, 1.807) is 0 Å². The summed E-state index contributed by atoms with van der Waals surface area (Å²) in [7, 11) is 1.93. The van der Waals surface area contributed by atoms with E-state index in [-0.39, 0.29) is 18.6 Å². The zero-order valence-electron chi connectivity index (χ0n) is 10.4. The first-order valence-electron chi connectivity index (χ1n) is 6.27. The van der Waals surface area contributed by atoms with Gasteiger partial charge in [-0.05, 0) is 23.9 Å². The first-order chi connectivity index (χ1) is 8.85. The topological polar surface area (TPSA) is 41.5 Å². The Morgan fingerprint density at radius 1 is 1.28 bits per heavy atom. The van der Waals surface area contributed by atoms with Gasteiger partial charge in [-0.1, -0.05) is 30.3 Å². The van der Waals surface area contributed by atoms with E-state index in [0.717, 1.165) is 5.75 Å². The highest BCUT2D eigenvalue weighted by atomic mass is 16.5. The van der Waals surface area contributed by atoms with Gasteiger partial charge >= 0.3 is 0 Å². The Kier molecular flexibility index (Phi) is 2.94. The van der Waals surface area contributed by atoms with E-state index in [1.165, 1.54) is 16.3 Å². The Morgan fingerprint density at radius 2 is 2.11 bits per heavy atom. The molecule has 0 aromatic heterocycles. The summed E-state index contributed by atoms with van der Waals surface area (Å²) < 4.78 is 5.77. The summed E-state index contributed by atoms with van der Waals surface area (Å²) in [6, 6.07) is 12.5. The standard InChI is InChI=1S/C15H17NO2/c1-16-15-11(8-17)9-18-13-7-6-10-4-2-3-5-12(10)14(13)15/h2-7,11,15-17H,8-9H2,1H3/t11-,15+/m1/s1. The lowest BCUT2D eigenvalue weighted by Crippen LogP contribution is -2.35. The molecule has 0 bridgehead atoms. The number of nitrogens with one attached hydrogen (secondary N) is 1. The smallest absolute Gasteiger partial charge is 0.124 e. The van der Waals surface area contributed by atoms with E-state index in [0.29, 0.717) is 6.61 Å². The molecule has 3 rings (SSSR count). The molecule has 18 heavy (non-hydrogen) atoms. The Labute approximate surface area is 106 Å². The van der Waals surface area contributed by atoms with Gasteiger partial charge in [-0.2, -0.15) is 0 Å². The van der Waals surface area contributed by atoms with Gasteiger partial charge in [-0.25, -0.2) is 0 Å². The monoisotopic (exact) mass is 243 g/mol. The molecule has 94 valence electrons.